The molecule has 0 N–H and O–H groups in total. The van der Waals surface area contributed by atoms with E-state index in [1.807, 2.05) is 20.8 Å². The molecule has 0 aliphatic carbocycles. The number of esters is 1. The number of carbonyl (C=O) groups is 2. The van der Waals surface area contributed by atoms with Crippen LogP contribution in [0.2, 0.25) is 0 Å². The van der Waals surface area contributed by atoms with Gasteiger partial charge in [0, 0.05) is 18.3 Å². The first-order valence-electron chi connectivity index (χ1n) is 6.27. The molecule has 1 atom stereocenters. The molecule has 0 aromatic carbocycles. The summed E-state index contributed by atoms with van der Waals surface area (Å²) in [6.07, 6.45) is 0. The molecule has 1 rings (SSSR count). The molecule has 0 spiro atoms. The predicted octanol–water partition coefficient (Wildman–Crippen LogP) is 2.50. The maximum Gasteiger partial charge on any atom is 0.357 e. The van der Waals surface area contributed by atoms with Gasteiger partial charge in [-0.1, -0.05) is 13.8 Å². The summed E-state index contributed by atoms with van der Waals surface area (Å²) in [5.74, 6) is -0.424. The van der Waals surface area contributed by atoms with Gasteiger partial charge in [0.05, 0.1) is 12.6 Å². The Bertz CT molecular complexity index is 456. The van der Waals surface area contributed by atoms with Crippen LogP contribution in [-0.2, 0) is 9.53 Å². The van der Waals surface area contributed by atoms with E-state index in [2.05, 4.69) is 4.98 Å². The van der Waals surface area contributed by atoms with Gasteiger partial charge in [0.25, 0.3) is 0 Å². The van der Waals surface area contributed by atoms with Crippen molar-refractivity contribution in [1.82, 2.24) is 9.88 Å². The number of ether oxygens (including phenoxy) is 1. The molecule has 0 aliphatic heterocycles. The smallest absolute Gasteiger partial charge is 0.357 e. The lowest BCUT2D eigenvalue weighted by atomic mass is 10.1. The fraction of sp³-hybridized carbons (Fsp3) is 0.615. The Kier molecular flexibility index (Phi) is 5.47. The monoisotopic (exact) mass is 284 g/mol. The molecule has 0 saturated carbocycles. The minimum Gasteiger partial charge on any atom is -0.461 e. The summed E-state index contributed by atoms with van der Waals surface area (Å²) in [5.41, 5.74) is 0.305. The number of hydrogen-bond acceptors (Lipinski definition) is 5. The highest BCUT2D eigenvalue weighted by Crippen LogP contribution is 2.24. The van der Waals surface area contributed by atoms with E-state index >= 15 is 0 Å². The van der Waals surface area contributed by atoms with Crippen LogP contribution in [0.1, 0.15) is 49.2 Å². The normalized spacial score (nSPS) is 12.3. The molecular formula is C13H20N2O3S. The Hall–Kier alpha value is -1.43. The number of hydrogen-bond donors (Lipinski definition) is 0. The SMILES string of the molecule is CCOC(=O)c1csc([C@H](C)N(C)C(=O)C(C)C)n1. The van der Waals surface area contributed by atoms with E-state index in [4.69, 9.17) is 4.74 Å². The summed E-state index contributed by atoms with van der Waals surface area (Å²) in [5, 5.41) is 2.40. The molecule has 1 aromatic heterocycles. The van der Waals surface area contributed by atoms with Crippen LogP contribution in [-0.4, -0.2) is 35.4 Å². The van der Waals surface area contributed by atoms with Crippen LogP contribution in [0, 0.1) is 5.92 Å². The quantitative estimate of drug-likeness (QED) is 0.779. The molecule has 5 nitrogen and oxygen atoms in total. The minimum absolute atomic E-state index is 0.0559. The zero-order chi connectivity index (χ0) is 14.6. The van der Waals surface area contributed by atoms with E-state index < -0.39 is 5.97 Å². The Balaban J connectivity index is 2.81. The van der Waals surface area contributed by atoms with Gasteiger partial charge >= 0.3 is 5.97 Å². The fourth-order valence-corrected chi connectivity index (χ4v) is 2.43. The van der Waals surface area contributed by atoms with Crippen molar-refractivity contribution < 1.29 is 14.3 Å². The van der Waals surface area contributed by atoms with Gasteiger partial charge in [-0.3, -0.25) is 4.79 Å². The van der Waals surface area contributed by atoms with E-state index in [0.29, 0.717) is 12.3 Å². The van der Waals surface area contributed by atoms with Gasteiger partial charge in [-0.2, -0.15) is 0 Å². The fourth-order valence-electron chi connectivity index (χ4n) is 1.54. The molecule has 0 saturated heterocycles. The van der Waals surface area contributed by atoms with Gasteiger partial charge in [0.1, 0.15) is 5.01 Å². The molecule has 1 heterocycles. The van der Waals surface area contributed by atoms with Crippen molar-refractivity contribution in [3.8, 4) is 0 Å². The van der Waals surface area contributed by atoms with Crippen LogP contribution in [0.15, 0.2) is 5.38 Å². The third-order valence-corrected chi connectivity index (χ3v) is 3.80. The third kappa shape index (κ3) is 3.76. The van der Waals surface area contributed by atoms with Gasteiger partial charge in [0.2, 0.25) is 5.91 Å². The van der Waals surface area contributed by atoms with Crippen molar-refractivity contribution in [3.05, 3.63) is 16.1 Å². The lowest BCUT2D eigenvalue weighted by Gasteiger charge is -2.24. The van der Waals surface area contributed by atoms with Gasteiger partial charge in [-0.25, -0.2) is 9.78 Å². The first-order chi connectivity index (χ1) is 8.88. The van der Waals surface area contributed by atoms with Crippen LogP contribution >= 0.6 is 11.3 Å². The maximum atomic E-state index is 11.9. The second-order valence-corrected chi connectivity index (χ2v) is 5.46. The number of thiazole rings is 1. The molecule has 0 fully saturated rings. The molecule has 0 unspecified atom stereocenters. The van der Waals surface area contributed by atoms with Crippen LogP contribution < -0.4 is 0 Å². The highest BCUT2D eigenvalue weighted by Gasteiger charge is 2.23. The summed E-state index contributed by atoms with van der Waals surface area (Å²) in [4.78, 5) is 29.3. The highest BCUT2D eigenvalue weighted by molar-refractivity contribution is 7.09. The van der Waals surface area contributed by atoms with Crippen LogP contribution in [0.3, 0.4) is 0 Å². The van der Waals surface area contributed by atoms with E-state index in [0.717, 1.165) is 5.01 Å². The Labute approximate surface area is 117 Å². The van der Waals surface area contributed by atoms with Gasteiger partial charge in [-0.05, 0) is 13.8 Å². The minimum atomic E-state index is -0.421. The van der Waals surface area contributed by atoms with Crippen molar-refractivity contribution in [1.29, 1.82) is 0 Å². The average Bonchev–Trinajstić information content (AvgIpc) is 2.85. The number of nitrogens with zero attached hydrogens (tertiary/aromatic N) is 2. The summed E-state index contributed by atoms with van der Waals surface area (Å²) < 4.78 is 4.89. The number of carbonyl (C=O) groups excluding carboxylic acids is 2. The molecule has 6 heteroatoms. The summed E-state index contributed by atoms with van der Waals surface area (Å²) >= 11 is 1.36. The molecule has 0 bridgehead atoms. The zero-order valence-electron chi connectivity index (χ0n) is 12.0. The predicted molar refractivity (Wildman–Crippen MR) is 74.1 cm³/mol. The first kappa shape index (κ1) is 15.6. The lowest BCUT2D eigenvalue weighted by molar-refractivity contribution is -0.135. The van der Waals surface area contributed by atoms with E-state index in [1.165, 1.54) is 11.3 Å². The lowest BCUT2D eigenvalue weighted by Crippen LogP contribution is -2.32. The summed E-state index contributed by atoms with van der Waals surface area (Å²) in [6.45, 7) is 7.69. The number of aromatic nitrogens is 1. The van der Waals surface area contributed by atoms with Gasteiger partial charge < -0.3 is 9.64 Å². The second kappa shape index (κ2) is 6.65. The summed E-state index contributed by atoms with van der Waals surface area (Å²) in [6, 6.07) is -0.150. The number of rotatable bonds is 5. The molecule has 1 amide bonds. The topological polar surface area (TPSA) is 59.5 Å². The van der Waals surface area contributed by atoms with E-state index in [9.17, 15) is 9.59 Å². The summed E-state index contributed by atoms with van der Waals surface area (Å²) in [7, 11) is 1.75. The van der Waals surface area contributed by atoms with E-state index in [1.54, 1.807) is 24.3 Å². The van der Waals surface area contributed by atoms with Crippen molar-refractivity contribution in [2.24, 2.45) is 5.92 Å². The molecular weight excluding hydrogens is 264 g/mol. The highest BCUT2D eigenvalue weighted by atomic mass is 32.1. The van der Waals surface area contributed by atoms with Crippen molar-refractivity contribution >= 4 is 23.2 Å². The number of amides is 1. The Morgan fingerprint density at radius 1 is 1.42 bits per heavy atom. The Morgan fingerprint density at radius 3 is 2.58 bits per heavy atom. The van der Waals surface area contributed by atoms with Crippen molar-refractivity contribution in [3.63, 3.8) is 0 Å². The van der Waals surface area contributed by atoms with Crippen molar-refractivity contribution in [2.75, 3.05) is 13.7 Å². The van der Waals surface area contributed by atoms with Crippen LogP contribution in [0.4, 0.5) is 0 Å². The molecule has 106 valence electrons. The zero-order valence-corrected chi connectivity index (χ0v) is 12.8. The first-order valence-corrected chi connectivity index (χ1v) is 7.15. The van der Waals surface area contributed by atoms with E-state index in [-0.39, 0.29) is 17.9 Å². The molecule has 19 heavy (non-hydrogen) atoms. The maximum absolute atomic E-state index is 11.9. The molecule has 0 aliphatic rings. The largest absolute Gasteiger partial charge is 0.461 e. The average molecular weight is 284 g/mol. The second-order valence-electron chi connectivity index (χ2n) is 4.57. The molecule has 1 aromatic rings. The Morgan fingerprint density at radius 2 is 2.05 bits per heavy atom. The van der Waals surface area contributed by atoms with Gasteiger partial charge in [0.15, 0.2) is 5.69 Å². The molecule has 0 radical (unpaired) electrons. The van der Waals surface area contributed by atoms with Gasteiger partial charge in [-0.15, -0.1) is 11.3 Å². The van der Waals surface area contributed by atoms with Crippen LogP contribution in [0.5, 0.6) is 0 Å². The van der Waals surface area contributed by atoms with Crippen LogP contribution in [0.25, 0.3) is 0 Å². The standard InChI is InChI=1S/C13H20N2O3S/c1-6-18-13(17)10-7-19-11(14-10)9(4)15(5)12(16)8(2)3/h7-9H,6H2,1-5H3/t9-/m0/s1. The van der Waals surface area contributed by atoms with Crippen molar-refractivity contribution in [2.45, 2.75) is 33.7 Å². The third-order valence-electron chi connectivity index (χ3n) is 2.79.